The van der Waals surface area contributed by atoms with E-state index in [1.54, 1.807) is 17.8 Å². The molecular formula is C18H26N4O3S. The molecule has 1 fully saturated rings. The van der Waals surface area contributed by atoms with E-state index in [0.717, 1.165) is 18.7 Å². The molecule has 1 aromatic carbocycles. The summed E-state index contributed by atoms with van der Waals surface area (Å²) in [6.45, 7) is 7.50. The average molecular weight is 378 g/mol. The molecule has 0 radical (unpaired) electrons. The van der Waals surface area contributed by atoms with Gasteiger partial charge in [-0.2, -0.15) is 5.10 Å². The van der Waals surface area contributed by atoms with Crippen LogP contribution in [0.2, 0.25) is 0 Å². The van der Waals surface area contributed by atoms with Crippen LogP contribution in [0.1, 0.15) is 24.2 Å². The molecule has 1 atom stereocenters. The van der Waals surface area contributed by atoms with E-state index in [2.05, 4.69) is 14.7 Å². The molecule has 3 rings (SSSR count). The van der Waals surface area contributed by atoms with E-state index >= 15 is 0 Å². The Morgan fingerprint density at radius 1 is 1.23 bits per heavy atom. The SMILES string of the molecule is CCn1cc(S(=O)(=O)NC[C@H](c2ccccc2)N2CCOCC2)c(C)n1. The van der Waals surface area contributed by atoms with E-state index in [-0.39, 0.29) is 10.9 Å². The highest BCUT2D eigenvalue weighted by Crippen LogP contribution is 2.22. The van der Waals surface area contributed by atoms with Crippen molar-refractivity contribution in [3.8, 4) is 0 Å². The number of hydrogen-bond donors (Lipinski definition) is 1. The Morgan fingerprint density at radius 2 is 1.92 bits per heavy atom. The summed E-state index contributed by atoms with van der Waals surface area (Å²) in [5, 5.41) is 4.24. The number of aromatic nitrogens is 2. The minimum Gasteiger partial charge on any atom is -0.379 e. The maximum absolute atomic E-state index is 12.8. The molecule has 0 aliphatic carbocycles. The van der Waals surface area contributed by atoms with Crippen LogP contribution in [0.25, 0.3) is 0 Å². The van der Waals surface area contributed by atoms with Crippen molar-refractivity contribution < 1.29 is 13.2 Å². The number of aryl methyl sites for hydroxylation is 2. The van der Waals surface area contributed by atoms with Gasteiger partial charge in [0.2, 0.25) is 10.0 Å². The fraction of sp³-hybridized carbons (Fsp3) is 0.500. The Kier molecular flexibility index (Phi) is 6.08. The van der Waals surface area contributed by atoms with Crippen LogP contribution in [0, 0.1) is 6.92 Å². The summed E-state index contributed by atoms with van der Waals surface area (Å²) in [6.07, 6.45) is 1.59. The molecule has 1 N–H and O–H groups in total. The molecule has 0 unspecified atom stereocenters. The molecule has 1 aliphatic heterocycles. The topological polar surface area (TPSA) is 76.5 Å². The molecule has 0 saturated carbocycles. The highest BCUT2D eigenvalue weighted by Gasteiger charge is 2.26. The van der Waals surface area contributed by atoms with Crippen molar-refractivity contribution in [3.63, 3.8) is 0 Å². The average Bonchev–Trinajstić information content (AvgIpc) is 3.05. The van der Waals surface area contributed by atoms with Crippen LogP contribution in [0.15, 0.2) is 41.4 Å². The Bertz CT molecular complexity index is 814. The summed E-state index contributed by atoms with van der Waals surface area (Å²) < 4.78 is 35.5. The lowest BCUT2D eigenvalue weighted by molar-refractivity contribution is 0.0172. The zero-order valence-corrected chi connectivity index (χ0v) is 16.1. The van der Waals surface area contributed by atoms with Crippen LogP contribution in [-0.4, -0.2) is 55.9 Å². The van der Waals surface area contributed by atoms with Gasteiger partial charge in [0.1, 0.15) is 4.90 Å². The second-order valence-corrected chi connectivity index (χ2v) is 8.10. The zero-order valence-electron chi connectivity index (χ0n) is 15.3. The van der Waals surface area contributed by atoms with E-state index in [1.165, 1.54) is 0 Å². The predicted octanol–water partition coefficient (Wildman–Crippen LogP) is 1.56. The fourth-order valence-electron chi connectivity index (χ4n) is 3.21. The maximum Gasteiger partial charge on any atom is 0.244 e. The zero-order chi connectivity index (χ0) is 18.6. The van der Waals surface area contributed by atoms with Crippen molar-refractivity contribution in [2.75, 3.05) is 32.8 Å². The first-order valence-electron chi connectivity index (χ1n) is 8.91. The smallest absolute Gasteiger partial charge is 0.244 e. The third-order valence-corrected chi connectivity index (χ3v) is 6.18. The lowest BCUT2D eigenvalue weighted by Crippen LogP contribution is -2.43. The summed E-state index contributed by atoms with van der Waals surface area (Å²) in [7, 11) is -3.61. The van der Waals surface area contributed by atoms with Crippen LogP contribution >= 0.6 is 0 Å². The third kappa shape index (κ3) is 4.32. The number of rotatable bonds is 7. The molecular weight excluding hydrogens is 352 g/mol. The molecule has 7 nitrogen and oxygen atoms in total. The first-order valence-corrected chi connectivity index (χ1v) is 10.4. The summed E-state index contributed by atoms with van der Waals surface area (Å²) >= 11 is 0. The highest BCUT2D eigenvalue weighted by molar-refractivity contribution is 7.89. The molecule has 142 valence electrons. The Hall–Kier alpha value is -1.74. The predicted molar refractivity (Wildman–Crippen MR) is 99.4 cm³/mol. The quantitative estimate of drug-likeness (QED) is 0.791. The molecule has 1 aliphatic rings. The van der Waals surface area contributed by atoms with E-state index in [9.17, 15) is 8.42 Å². The number of morpholine rings is 1. The largest absolute Gasteiger partial charge is 0.379 e. The van der Waals surface area contributed by atoms with Gasteiger partial charge in [-0.05, 0) is 19.4 Å². The fourth-order valence-corrected chi connectivity index (χ4v) is 4.44. The second-order valence-electron chi connectivity index (χ2n) is 6.36. The molecule has 0 amide bonds. The molecule has 0 bridgehead atoms. The monoisotopic (exact) mass is 378 g/mol. The third-order valence-electron chi connectivity index (χ3n) is 4.65. The van der Waals surface area contributed by atoms with Crippen LogP contribution in [-0.2, 0) is 21.3 Å². The van der Waals surface area contributed by atoms with Gasteiger partial charge in [0, 0.05) is 38.4 Å². The molecule has 26 heavy (non-hydrogen) atoms. The number of nitrogens with zero attached hydrogens (tertiary/aromatic N) is 3. The van der Waals surface area contributed by atoms with Crippen molar-refractivity contribution in [2.45, 2.75) is 31.3 Å². The molecule has 1 aromatic heterocycles. The van der Waals surface area contributed by atoms with E-state index < -0.39 is 10.0 Å². The maximum atomic E-state index is 12.8. The lowest BCUT2D eigenvalue weighted by Gasteiger charge is -2.34. The molecule has 1 saturated heterocycles. The van der Waals surface area contributed by atoms with E-state index in [1.807, 2.05) is 37.3 Å². The van der Waals surface area contributed by atoms with Gasteiger partial charge in [0.25, 0.3) is 0 Å². The van der Waals surface area contributed by atoms with Crippen molar-refractivity contribution in [3.05, 3.63) is 47.8 Å². The number of nitrogens with one attached hydrogen (secondary N) is 1. The van der Waals surface area contributed by atoms with Gasteiger partial charge in [0.15, 0.2) is 0 Å². The van der Waals surface area contributed by atoms with Gasteiger partial charge in [-0.25, -0.2) is 13.1 Å². The lowest BCUT2D eigenvalue weighted by atomic mass is 10.1. The van der Waals surface area contributed by atoms with Gasteiger partial charge in [0.05, 0.1) is 18.9 Å². The van der Waals surface area contributed by atoms with Crippen molar-refractivity contribution in [1.82, 2.24) is 19.4 Å². The van der Waals surface area contributed by atoms with Gasteiger partial charge in [-0.1, -0.05) is 30.3 Å². The normalized spacial score (nSPS) is 17.3. The second kappa shape index (κ2) is 8.30. The van der Waals surface area contributed by atoms with E-state index in [4.69, 9.17) is 4.74 Å². The van der Waals surface area contributed by atoms with Crippen LogP contribution in [0.4, 0.5) is 0 Å². The van der Waals surface area contributed by atoms with Crippen molar-refractivity contribution in [2.24, 2.45) is 0 Å². The van der Waals surface area contributed by atoms with Gasteiger partial charge >= 0.3 is 0 Å². The van der Waals surface area contributed by atoms with Gasteiger partial charge in [-0.3, -0.25) is 9.58 Å². The molecule has 2 aromatic rings. The van der Waals surface area contributed by atoms with Crippen molar-refractivity contribution in [1.29, 1.82) is 0 Å². The standard InChI is InChI=1S/C18H26N4O3S/c1-3-22-14-18(15(2)20-22)26(23,24)19-13-17(16-7-5-4-6-8-16)21-9-11-25-12-10-21/h4-8,14,17,19H,3,9-13H2,1-2H3/t17-/m1/s1. The van der Waals surface area contributed by atoms with Gasteiger partial charge < -0.3 is 4.74 Å². The summed E-state index contributed by atoms with van der Waals surface area (Å²) in [4.78, 5) is 2.51. The van der Waals surface area contributed by atoms with E-state index in [0.29, 0.717) is 32.0 Å². The number of benzene rings is 1. The Labute approximate surface area is 155 Å². The number of ether oxygens (including phenoxy) is 1. The molecule has 0 spiro atoms. The minimum atomic E-state index is -3.61. The molecule has 8 heteroatoms. The van der Waals surface area contributed by atoms with Crippen LogP contribution in [0.3, 0.4) is 0 Å². The van der Waals surface area contributed by atoms with Gasteiger partial charge in [-0.15, -0.1) is 0 Å². The summed E-state index contributed by atoms with van der Waals surface area (Å²) in [6, 6.07) is 9.96. The van der Waals surface area contributed by atoms with Crippen molar-refractivity contribution >= 4 is 10.0 Å². The summed E-state index contributed by atoms with van der Waals surface area (Å²) in [5.74, 6) is 0. The summed E-state index contributed by atoms with van der Waals surface area (Å²) in [5.41, 5.74) is 1.61. The Morgan fingerprint density at radius 3 is 2.54 bits per heavy atom. The van der Waals surface area contributed by atoms with Crippen LogP contribution in [0.5, 0.6) is 0 Å². The first kappa shape index (κ1) is 19.0. The molecule has 2 heterocycles. The first-order chi connectivity index (χ1) is 12.5. The Balaban J connectivity index is 1.79. The minimum absolute atomic E-state index is 0.0311. The highest BCUT2D eigenvalue weighted by atomic mass is 32.2. The number of hydrogen-bond acceptors (Lipinski definition) is 5. The van der Waals surface area contributed by atoms with Crippen LogP contribution < -0.4 is 4.72 Å². The number of sulfonamides is 1.